The quantitative estimate of drug-likeness (QED) is 0.833. The molecule has 1 heterocycles. The fourth-order valence-corrected chi connectivity index (χ4v) is 2.25. The Morgan fingerprint density at radius 1 is 1.40 bits per heavy atom. The van der Waals surface area contributed by atoms with E-state index >= 15 is 0 Å². The molecule has 1 atom stereocenters. The van der Waals surface area contributed by atoms with Gasteiger partial charge in [0, 0.05) is 55.4 Å². The second-order valence-electron chi connectivity index (χ2n) is 6.20. The highest BCUT2D eigenvalue weighted by molar-refractivity contribution is 5.53. The highest BCUT2D eigenvalue weighted by Gasteiger charge is 2.17. The third kappa shape index (κ3) is 5.10. The summed E-state index contributed by atoms with van der Waals surface area (Å²) in [4.78, 5) is 6.64. The molecular weight excluding hydrogens is 250 g/mol. The largest absolute Gasteiger partial charge is 0.383 e. The minimum absolute atomic E-state index is 0.0995. The second-order valence-corrected chi connectivity index (χ2v) is 6.20. The number of ether oxygens (including phenoxy) is 1. The first-order valence-electron chi connectivity index (χ1n) is 7.32. The lowest BCUT2D eigenvalue weighted by Gasteiger charge is -2.32. The average Bonchev–Trinajstić information content (AvgIpc) is 2.38. The van der Waals surface area contributed by atoms with Gasteiger partial charge in [0.25, 0.3) is 0 Å². The maximum atomic E-state index is 5.29. The van der Waals surface area contributed by atoms with E-state index in [2.05, 4.69) is 55.9 Å². The van der Waals surface area contributed by atoms with Crippen molar-refractivity contribution >= 4 is 5.69 Å². The van der Waals surface area contributed by atoms with Gasteiger partial charge in [-0.25, -0.2) is 0 Å². The predicted molar refractivity (Wildman–Crippen MR) is 85.2 cm³/mol. The molecule has 0 saturated carbocycles. The maximum Gasteiger partial charge on any atom is 0.0663 e. The van der Waals surface area contributed by atoms with Gasteiger partial charge in [-0.3, -0.25) is 4.98 Å². The molecule has 1 aromatic heterocycles. The van der Waals surface area contributed by atoms with E-state index in [-0.39, 0.29) is 5.54 Å². The molecule has 1 N–H and O–H groups in total. The smallest absolute Gasteiger partial charge is 0.0663 e. The van der Waals surface area contributed by atoms with Crippen LogP contribution < -0.4 is 10.2 Å². The first-order valence-corrected chi connectivity index (χ1v) is 7.32. The van der Waals surface area contributed by atoms with Gasteiger partial charge in [0.1, 0.15) is 0 Å². The van der Waals surface area contributed by atoms with Gasteiger partial charge in [0.15, 0.2) is 0 Å². The van der Waals surface area contributed by atoms with Gasteiger partial charge < -0.3 is 15.0 Å². The fourth-order valence-electron chi connectivity index (χ4n) is 2.25. The van der Waals surface area contributed by atoms with Gasteiger partial charge in [0.05, 0.1) is 6.61 Å². The van der Waals surface area contributed by atoms with Gasteiger partial charge in [0.2, 0.25) is 0 Å². The number of pyridine rings is 1. The molecule has 0 amide bonds. The minimum Gasteiger partial charge on any atom is -0.383 e. The monoisotopic (exact) mass is 279 g/mol. The molecule has 0 aliphatic rings. The van der Waals surface area contributed by atoms with Crippen LogP contribution in [0.2, 0.25) is 0 Å². The number of nitrogens with one attached hydrogen (secondary N) is 1. The van der Waals surface area contributed by atoms with Crippen LogP contribution in [0.25, 0.3) is 0 Å². The van der Waals surface area contributed by atoms with E-state index in [0.29, 0.717) is 6.04 Å². The van der Waals surface area contributed by atoms with E-state index in [4.69, 9.17) is 4.74 Å². The van der Waals surface area contributed by atoms with Crippen LogP contribution in [0.3, 0.4) is 0 Å². The Morgan fingerprint density at radius 2 is 2.10 bits per heavy atom. The number of likely N-dealkylation sites (N-methyl/N-ethyl adjacent to an activating group) is 1. The molecule has 0 aromatic carbocycles. The zero-order valence-electron chi connectivity index (χ0n) is 13.7. The molecule has 0 saturated heterocycles. The lowest BCUT2D eigenvalue weighted by molar-refractivity contribution is 0.182. The molecule has 1 unspecified atom stereocenters. The molecule has 0 spiro atoms. The molecule has 0 aliphatic carbocycles. The summed E-state index contributed by atoms with van der Waals surface area (Å²) >= 11 is 0. The van der Waals surface area contributed by atoms with Crippen LogP contribution in [0, 0.1) is 0 Å². The predicted octanol–water partition coefficient (Wildman–Crippen LogP) is 2.83. The first kappa shape index (κ1) is 16.9. The zero-order chi connectivity index (χ0) is 15.2. The highest BCUT2D eigenvalue weighted by atomic mass is 16.5. The van der Waals surface area contributed by atoms with E-state index < -0.39 is 0 Å². The Kier molecular flexibility index (Phi) is 6.43. The summed E-state index contributed by atoms with van der Waals surface area (Å²) in [6.45, 7) is 13.4. The van der Waals surface area contributed by atoms with Crippen molar-refractivity contribution in [3.63, 3.8) is 0 Å². The summed E-state index contributed by atoms with van der Waals surface area (Å²) in [5.74, 6) is 0. The van der Waals surface area contributed by atoms with Gasteiger partial charge in [-0.15, -0.1) is 0 Å². The molecule has 20 heavy (non-hydrogen) atoms. The summed E-state index contributed by atoms with van der Waals surface area (Å²) in [7, 11) is 1.75. The Balaban J connectivity index is 2.92. The summed E-state index contributed by atoms with van der Waals surface area (Å²) in [5, 5.41) is 3.53. The van der Waals surface area contributed by atoms with Crippen molar-refractivity contribution in [1.82, 2.24) is 10.3 Å². The number of anilines is 1. The lowest BCUT2D eigenvalue weighted by Crippen LogP contribution is -2.38. The normalized spacial score (nSPS) is 13.3. The molecule has 0 aliphatic heterocycles. The molecular formula is C16H29N3O. The van der Waals surface area contributed by atoms with Crippen molar-refractivity contribution in [2.24, 2.45) is 0 Å². The van der Waals surface area contributed by atoms with Crippen LogP contribution in [0.15, 0.2) is 18.5 Å². The fraction of sp³-hybridized carbons (Fsp3) is 0.688. The van der Waals surface area contributed by atoms with E-state index in [1.54, 1.807) is 7.11 Å². The lowest BCUT2D eigenvalue weighted by atomic mass is 10.1. The summed E-state index contributed by atoms with van der Waals surface area (Å²) in [5.41, 5.74) is 2.57. The van der Waals surface area contributed by atoms with Gasteiger partial charge in [-0.05, 0) is 40.7 Å². The number of hydrogen-bond acceptors (Lipinski definition) is 4. The number of nitrogens with zero attached hydrogens (tertiary/aromatic N) is 2. The summed E-state index contributed by atoms with van der Waals surface area (Å²) in [6.07, 6.45) is 3.81. The van der Waals surface area contributed by atoms with Crippen LogP contribution >= 0.6 is 0 Å². The average molecular weight is 279 g/mol. The second kappa shape index (κ2) is 7.60. The number of rotatable bonds is 7. The third-order valence-electron chi connectivity index (χ3n) is 3.28. The maximum absolute atomic E-state index is 5.29. The minimum atomic E-state index is 0.0995. The van der Waals surface area contributed by atoms with Crippen molar-refractivity contribution in [1.29, 1.82) is 0 Å². The van der Waals surface area contributed by atoms with Crippen LogP contribution in [-0.4, -0.2) is 36.8 Å². The zero-order valence-corrected chi connectivity index (χ0v) is 13.7. The van der Waals surface area contributed by atoms with E-state index in [9.17, 15) is 0 Å². The number of aromatic nitrogens is 1. The van der Waals surface area contributed by atoms with Gasteiger partial charge >= 0.3 is 0 Å². The molecule has 0 fully saturated rings. The molecule has 1 rings (SSSR count). The van der Waals surface area contributed by atoms with E-state index in [0.717, 1.165) is 19.7 Å². The van der Waals surface area contributed by atoms with Crippen molar-refractivity contribution < 1.29 is 4.74 Å². The van der Waals surface area contributed by atoms with Crippen LogP contribution in [0.5, 0.6) is 0 Å². The highest BCUT2D eigenvalue weighted by Crippen LogP contribution is 2.22. The summed E-state index contributed by atoms with van der Waals surface area (Å²) < 4.78 is 5.29. The first-order chi connectivity index (χ1) is 9.39. The summed E-state index contributed by atoms with van der Waals surface area (Å²) in [6, 6.07) is 2.44. The SMILES string of the molecule is CCN(c1ccncc1CNC(C)(C)C)C(C)COC. The molecule has 0 bridgehead atoms. The van der Waals surface area contributed by atoms with Crippen LogP contribution in [0.1, 0.15) is 40.2 Å². The van der Waals surface area contributed by atoms with Crippen LogP contribution in [-0.2, 0) is 11.3 Å². The van der Waals surface area contributed by atoms with Crippen molar-refractivity contribution in [3.8, 4) is 0 Å². The number of hydrogen-bond donors (Lipinski definition) is 1. The van der Waals surface area contributed by atoms with E-state index in [1.807, 2.05) is 12.4 Å². The van der Waals surface area contributed by atoms with E-state index in [1.165, 1.54) is 11.3 Å². The van der Waals surface area contributed by atoms with Crippen molar-refractivity contribution in [3.05, 3.63) is 24.0 Å². The molecule has 4 nitrogen and oxygen atoms in total. The molecule has 114 valence electrons. The van der Waals surface area contributed by atoms with Crippen LogP contribution in [0.4, 0.5) is 5.69 Å². The van der Waals surface area contributed by atoms with Gasteiger partial charge in [-0.2, -0.15) is 0 Å². The number of methoxy groups -OCH3 is 1. The Bertz CT molecular complexity index is 401. The Morgan fingerprint density at radius 3 is 2.65 bits per heavy atom. The molecule has 4 heteroatoms. The van der Waals surface area contributed by atoms with Gasteiger partial charge in [-0.1, -0.05) is 0 Å². The van der Waals surface area contributed by atoms with Crippen molar-refractivity contribution in [2.45, 2.75) is 52.7 Å². The molecule has 0 radical (unpaired) electrons. The third-order valence-corrected chi connectivity index (χ3v) is 3.28. The Hall–Kier alpha value is -1.13. The standard InChI is InChI=1S/C16H29N3O/c1-7-19(13(2)12-20-6)15-8-9-17-10-14(15)11-18-16(3,4)5/h8-10,13,18H,7,11-12H2,1-6H3. The molecule has 1 aromatic rings. The van der Waals surface area contributed by atoms with Crippen molar-refractivity contribution in [2.75, 3.05) is 25.2 Å². The topological polar surface area (TPSA) is 37.4 Å². The Labute approximate surface area is 123 Å².